The van der Waals surface area contributed by atoms with E-state index in [0.717, 1.165) is 16.9 Å². The smallest absolute Gasteiger partial charge is 0.224 e. The molecule has 0 unspecified atom stereocenters. The highest BCUT2D eigenvalue weighted by Gasteiger charge is 2.12. The van der Waals surface area contributed by atoms with Crippen LogP contribution in [0.25, 0.3) is 0 Å². The van der Waals surface area contributed by atoms with E-state index >= 15 is 0 Å². The first-order chi connectivity index (χ1) is 11.3. The zero-order valence-corrected chi connectivity index (χ0v) is 16.0. The molecule has 0 atom stereocenters. The first kappa shape index (κ1) is 21.3. The molecule has 0 aliphatic rings. The Balaban J connectivity index is 0.00000312. The Labute approximate surface area is 160 Å². The Kier molecular flexibility index (Phi) is 8.23. The van der Waals surface area contributed by atoms with Gasteiger partial charge in [-0.2, -0.15) is 0 Å². The van der Waals surface area contributed by atoms with Crippen molar-refractivity contribution in [2.75, 3.05) is 6.54 Å². The van der Waals surface area contributed by atoms with Gasteiger partial charge in [-0.15, -0.1) is 12.4 Å². The standard InChI is InChI=1S/C19H23ClN2O2.ClH/c1-19(2,21)13-22-18(23)11-14-5-4-8-17(10-14)24-12-15-6-3-7-16(20)9-15;/h3-10H,11-13,21H2,1-2H3,(H,22,23);1H. The van der Waals surface area contributed by atoms with Gasteiger partial charge in [0.2, 0.25) is 5.91 Å². The SMILES string of the molecule is CC(C)(N)CNC(=O)Cc1cccc(OCc2cccc(Cl)c2)c1.Cl. The molecule has 2 aromatic carbocycles. The van der Waals surface area contributed by atoms with Crippen molar-refractivity contribution in [1.82, 2.24) is 5.32 Å². The second-order valence-electron chi connectivity index (χ2n) is 6.51. The maximum absolute atomic E-state index is 12.0. The fourth-order valence-corrected chi connectivity index (χ4v) is 2.33. The summed E-state index contributed by atoms with van der Waals surface area (Å²) in [5.74, 6) is 0.667. The van der Waals surface area contributed by atoms with Crippen LogP contribution in [0.1, 0.15) is 25.0 Å². The van der Waals surface area contributed by atoms with Crippen molar-refractivity contribution in [2.45, 2.75) is 32.4 Å². The zero-order valence-electron chi connectivity index (χ0n) is 14.4. The van der Waals surface area contributed by atoms with E-state index in [-0.39, 0.29) is 18.3 Å². The zero-order chi connectivity index (χ0) is 17.6. The summed E-state index contributed by atoms with van der Waals surface area (Å²) in [6.07, 6.45) is 0.296. The van der Waals surface area contributed by atoms with E-state index in [9.17, 15) is 4.79 Å². The highest BCUT2D eigenvalue weighted by molar-refractivity contribution is 6.30. The maximum atomic E-state index is 12.0. The van der Waals surface area contributed by atoms with Gasteiger partial charge in [0.25, 0.3) is 0 Å². The molecule has 1 amide bonds. The average Bonchev–Trinajstić information content (AvgIpc) is 2.51. The van der Waals surface area contributed by atoms with Gasteiger partial charge in [-0.05, 0) is 49.2 Å². The fraction of sp³-hybridized carbons (Fsp3) is 0.316. The minimum absolute atomic E-state index is 0. The molecular weight excluding hydrogens is 359 g/mol. The molecule has 0 aliphatic carbocycles. The van der Waals surface area contributed by atoms with Crippen LogP contribution in [0.15, 0.2) is 48.5 Å². The summed E-state index contributed by atoms with van der Waals surface area (Å²) in [5, 5.41) is 3.52. The number of amides is 1. The lowest BCUT2D eigenvalue weighted by atomic mass is 10.1. The molecule has 136 valence electrons. The highest BCUT2D eigenvalue weighted by Crippen LogP contribution is 2.17. The maximum Gasteiger partial charge on any atom is 0.224 e. The van der Waals surface area contributed by atoms with Gasteiger partial charge in [0.1, 0.15) is 12.4 Å². The number of nitrogens with one attached hydrogen (secondary N) is 1. The van der Waals surface area contributed by atoms with E-state index in [1.165, 1.54) is 0 Å². The molecule has 0 fully saturated rings. The number of benzene rings is 2. The Morgan fingerprint density at radius 3 is 2.52 bits per heavy atom. The quantitative estimate of drug-likeness (QED) is 0.766. The fourth-order valence-electron chi connectivity index (χ4n) is 2.11. The molecule has 2 aromatic rings. The van der Waals surface area contributed by atoms with Crippen LogP contribution in [0.4, 0.5) is 0 Å². The molecule has 0 aliphatic heterocycles. The molecule has 0 bridgehead atoms. The molecule has 0 aromatic heterocycles. The Hall–Kier alpha value is -1.75. The minimum Gasteiger partial charge on any atom is -0.489 e. The third-order valence-corrected chi connectivity index (χ3v) is 3.53. The van der Waals surface area contributed by atoms with Crippen LogP contribution in [0.5, 0.6) is 5.75 Å². The summed E-state index contributed by atoms with van der Waals surface area (Å²) in [6.45, 7) is 4.61. The summed E-state index contributed by atoms with van der Waals surface area (Å²) in [7, 11) is 0. The minimum atomic E-state index is -0.419. The normalized spacial score (nSPS) is 10.7. The Morgan fingerprint density at radius 2 is 1.84 bits per heavy atom. The lowest BCUT2D eigenvalue weighted by molar-refractivity contribution is -0.120. The van der Waals surface area contributed by atoms with Gasteiger partial charge in [0, 0.05) is 17.1 Å². The van der Waals surface area contributed by atoms with E-state index in [0.29, 0.717) is 24.6 Å². The Morgan fingerprint density at radius 1 is 1.16 bits per heavy atom. The summed E-state index contributed by atoms with van der Waals surface area (Å²) < 4.78 is 5.77. The molecule has 3 N–H and O–H groups in total. The van der Waals surface area contributed by atoms with Crippen molar-refractivity contribution in [3.8, 4) is 5.75 Å². The predicted octanol–water partition coefficient (Wildman–Crippen LogP) is 3.74. The Bertz CT molecular complexity index is 700. The van der Waals surface area contributed by atoms with Crippen molar-refractivity contribution in [1.29, 1.82) is 0 Å². The van der Waals surface area contributed by atoms with Crippen LogP contribution in [-0.4, -0.2) is 18.0 Å². The van der Waals surface area contributed by atoms with Crippen molar-refractivity contribution >= 4 is 29.9 Å². The topological polar surface area (TPSA) is 64.3 Å². The molecule has 0 spiro atoms. The average molecular weight is 383 g/mol. The molecule has 25 heavy (non-hydrogen) atoms. The van der Waals surface area contributed by atoms with Crippen LogP contribution in [-0.2, 0) is 17.8 Å². The lowest BCUT2D eigenvalue weighted by Gasteiger charge is -2.18. The number of hydrogen-bond donors (Lipinski definition) is 2. The third kappa shape index (κ3) is 8.25. The van der Waals surface area contributed by atoms with Crippen molar-refractivity contribution < 1.29 is 9.53 Å². The molecule has 0 saturated carbocycles. The third-order valence-electron chi connectivity index (χ3n) is 3.30. The monoisotopic (exact) mass is 382 g/mol. The number of rotatable bonds is 7. The van der Waals surface area contributed by atoms with Gasteiger partial charge in [-0.1, -0.05) is 35.9 Å². The van der Waals surface area contributed by atoms with Crippen LogP contribution >= 0.6 is 24.0 Å². The summed E-state index contributed by atoms with van der Waals surface area (Å²) in [4.78, 5) is 12.0. The van der Waals surface area contributed by atoms with E-state index in [2.05, 4.69) is 5.32 Å². The van der Waals surface area contributed by atoms with Gasteiger partial charge >= 0.3 is 0 Å². The van der Waals surface area contributed by atoms with Gasteiger partial charge < -0.3 is 15.8 Å². The largest absolute Gasteiger partial charge is 0.489 e. The van der Waals surface area contributed by atoms with Gasteiger partial charge in [-0.25, -0.2) is 0 Å². The number of ether oxygens (including phenoxy) is 1. The molecule has 4 nitrogen and oxygen atoms in total. The summed E-state index contributed by atoms with van der Waals surface area (Å²) in [5.41, 5.74) is 7.33. The van der Waals surface area contributed by atoms with E-state index in [4.69, 9.17) is 22.1 Å². The molecule has 0 radical (unpaired) electrons. The highest BCUT2D eigenvalue weighted by atomic mass is 35.5. The van der Waals surface area contributed by atoms with Crippen LogP contribution in [0.3, 0.4) is 0 Å². The van der Waals surface area contributed by atoms with Crippen LogP contribution in [0, 0.1) is 0 Å². The first-order valence-electron chi connectivity index (χ1n) is 7.84. The second-order valence-corrected chi connectivity index (χ2v) is 6.94. The molecule has 0 heterocycles. The van der Waals surface area contributed by atoms with Gasteiger partial charge in [0.15, 0.2) is 0 Å². The van der Waals surface area contributed by atoms with E-state index in [1.807, 2.05) is 62.4 Å². The molecule has 0 saturated heterocycles. The summed E-state index contributed by atoms with van der Waals surface area (Å²) in [6, 6.07) is 15.1. The molecular formula is C19H24Cl2N2O2. The number of carbonyl (C=O) groups is 1. The van der Waals surface area contributed by atoms with E-state index in [1.54, 1.807) is 0 Å². The lowest BCUT2D eigenvalue weighted by Crippen LogP contribution is -2.45. The van der Waals surface area contributed by atoms with Crippen LogP contribution in [0.2, 0.25) is 5.02 Å². The first-order valence-corrected chi connectivity index (χ1v) is 8.21. The number of halogens is 2. The predicted molar refractivity (Wildman–Crippen MR) is 104 cm³/mol. The van der Waals surface area contributed by atoms with Gasteiger partial charge in [-0.3, -0.25) is 4.79 Å². The molecule has 6 heteroatoms. The molecule has 2 rings (SSSR count). The van der Waals surface area contributed by atoms with Crippen molar-refractivity contribution in [3.05, 3.63) is 64.7 Å². The van der Waals surface area contributed by atoms with Crippen molar-refractivity contribution in [3.63, 3.8) is 0 Å². The number of nitrogens with two attached hydrogens (primary N) is 1. The van der Waals surface area contributed by atoms with Crippen LogP contribution < -0.4 is 15.8 Å². The van der Waals surface area contributed by atoms with Crippen molar-refractivity contribution in [2.24, 2.45) is 5.73 Å². The second kappa shape index (κ2) is 9.66. The number of hydrogen-bond acceptors (Lipinski definition) is 3. The summed E-state index contributed by atoms with van der Waals surface area (Å²) >= 11 is 5.96. The van der Waals surface area contributed by atoms with E-state index < -0.39 is 5.54 Å². The number of carbonyl (C=O) groups excluding carboxylic acids is 1. The van der Waals surface area contributed by atoms with Gasteiger partial charge in [0.05, 0.1) is 6.42 Å².